The third-order valence-electron chi connectivity index (χ3n) is 5.65. The molecule has 2 heteroatoms. The van der Waals surface area contributed by atoms with Gasteiger partial charge in [0.1, 0.15) is 5.69 Å². The number of imidazole rings is 1. The van der Waals surface area contributed by atoms with E-state index in [1.807, 2.05) is 0 Å². The Hall–Kier alpha value is -3.39. The Morgan fingerprint density at radius 2 is 1.50 bits per heavy atom. The summed E-state index contributed by atoms with van der Waals surface area (Å²) in [5.41, 5.74) is 7.49. The van der Waals surface area contributed by atoms with E-state index in [9.17, 15) is 0 Å². The Morgan fingerprint density at radius 3 is 2.39 bits per heavy atom. The van der Waals surface area contributed by atoms with Gasteiger partial charge >= 0.3 is 0 Å². The lowest BCUT2D eigenvalue weighted by Crippen LogP contribution is -2.30. The Bertz CT molecular complexity index is 1340. The molecule has 4 aromatic carbocycles. The average molecular weight is 363 g/mol. The second-order valence-electron chi connectivity index (χ2n) is 7.52. The van der Waals surface area contributed by atoms with Crippen LogP contribution in [-0.4, -0.2) is 4.57 Å². The van der Waals surface area contributed by atoms with Crippen LogP contribution in [0.3, 0.4) is 0 Å². The Balaban J connectivity index is 1.98. The van der Waals surface area contributed by atoms with Crippen molar-refractivity contribution >= 4 is 21.8 Å². The van der Waals surface area contributed by atoms with Gasteiger partial charge in [-0.3, -0.25) is 0 Å². The SMILES string of the molecule is Cc1ccc(C)c(-c2n(-c3cccc4ccccc34)c3ccccc3[n+]2C)c1. The molecule has 0 N–H and O–H groups in total. The lowest BCUT2D eigenvalue weighted by atomic mass is 10.0. The molecule has 0 amide bonds. The number of aromatic nitrogens is 2. The van der Waals surface area contributed by atoms with Gasteiger partial charge in [-0.2, -0.15) is 4.57 Å². The van der Waals surface area contributed by atoms with Crippen LogP contribution >= 0.6 is 0 Å². The number of rotatable bonds is 2. The summed E-state index contributed by atoms with van der Waals surface area (Å²) in [6.45, 7) is 4.35. The van der Waals surface area contributed by atoms with E-state index >= 15 is 0 Å². The summed E-state index contributed by atoms with van der Waals surface area (Å²) < 4.78 is 4.73. The third kappa shape index (κ3) is 2.45. The van der Waals surface area contributed by atoms with Gasteiger partial charge in [-0.05, 0) is 49.1 Å². The van der Waals surface area contributed by atoms with Crippen molar-refractivity contribution in [3.63, 3.8) is 0 Å². The second kappa shape index (κ2) is 6.35. The molecule has 2 nitrogen and oxygen atoms in total. The molecule has 5 rings (SSSR count). The summed E-state index contributed by atoms with van der Waals surface area (Å²) in [7, 11) is 2.17. The van der Waals surface area contributed by atoms with Gasteiger partial charge in [0.15, 0.2) is 11.0 Å². The van der Waals surface area contributed by atoms with E-state index < -0.39 is 0 Å². The van der Waals surface area contributed by atoms with Crippen molar-refractivity contribution in [1.29, 1.82) is 0 Å². The van der Waals surface area contributed by atoms with E-state index in [0.29, 0.717) is 0 Å². The number of hydrogen-bond acceptors (Lipinski definition) is 0. The van der Waals surface area contributed by atoms with E-state index in [1.165, 1.54) is 50.0 Å². The fraction of sp³-hybridized carbons (Fsp3) is 0.115. The van der Waals surface area contributed by atoms with Crippen LogP contribution in [0.15, 0.2) is 84.9 Å². The lowest BCUT2D eigenvalue weighted by molar-refractivity contribution is -0.633. The maximum atomic E-state index is 2.42. The molecule has 0 spiro atoms. The summed E-state index contributed by atoms with van der Waals surface area (Å²) in [5.74, 6) is 1.21. The molecule has 0 radical (unpaired) electrons. The third-order valence-corrected chi connectivity index (χ3v) is 5.65. The van der Waals surface area contributed by atoms with E-state index in [2.05, 4.69) is 115 Å². The molecule has 1 heterocycles. The van der Waals surface area contributed by atoms with Crippen molar-refractivity contribution in [3.8, 4) is 17.1 Å². The largest absolute Gasteiger partial charge is 0.295 e. The molecule has 0 unspecified atom stereocenters. The zero-order chi connectivity index (χ0) is 19.3. The average Bonchev–Trinajstić information content (AvgIpc) is 3.02. The Morgan fingerprint density at radius 1 is 0.750 bits per heavy atom. The van der Waals surface area contributed by atoms with Crippen LogP contribution in [-0.2, 0) is 7.05 Å². The van der Waals surface area contributed by atoms with Crippen molar-refractivity contribution in [3.05, 3.63) is 96.1 Å². The Labute approximate surface area is 165 Å². The van der Waals surface area contributed by atoms with Gasteiger partial charge in [0.2, 0.25) is 0 Å². The first-order valence-electron chi connectivity index (χ1n) is 9.70. The summed E-state index contributed by atoms with van der Waals surface area (Å²) in [4.78, 5) is 0. The second-order valence-corrected chi connectivity index (χ2v) is 7.52. The molecule has 0 bridgehead atoms. The van der Waals surface area contributed by atoms with Crippen molar-refractivity contribution in [2.45, 2.75) is 13.8 Å². The molecule has 0 aliphatic heterocycles. The highest BCUT2D eigenvalue weighted by atomic mass is 15.2. The minimum atomic E-state index is 1.21. The minimum absolute atomic E-state index is 1.21. The number of aryl methyl sites for hydroxylation is 3. The maximum Gasteiger partial charge on any atom is 0.295 e. The molecule has 0 aliphatic carbocycles. The van der Waals surface area contributed by atoms with E-state index in [0.717, 1.165) is 0 Å². The van der Waals surface area contributed by atoms with Crippen LogP contribution in [0.1, 0.15) is 11.1 Å². The van der Waals surface area contributed by atoms with Crippen LogP contribution in [0.5, 0.6) is 0 Å². The van der Waals surface area contributed by atoms with Crippen LogP contribution in [0, 0.1) is 13.8 Å². The smallest absolute Gasteiger partial charge is 0.225 e. The normalized spacial score (nSPS) is 11.4. The van der Waals surface area contributed by atoms with Gasteiger partial charge in [0, 0.05) is 5.39 Å². The van der Waals surface area contributed by atoms with Crippen LogP contribution in [0.25, 0.3) is 38.9 Å². The quantitative estimate of drug-likeness (QED) is 0.346. The van der Waals surface area contributed by atoms with Crippen molar-refractivity contribution in [1.82, 2.24) is 4.57 Å². The van der Waals surface area contributed by atoms with Gasteiger partial charge < -0.3 is 0 Å². The molecule has 5 aromatic rings. The monoisotopic (exact) mass is 363 g/mol. The van der Waals surface area contributed by atoms with Crippen LogP contribution in [0.2, 0.25) is 0 Å². The summed E-state index contributed by atoms with van der Waals surface area (Å²) >= 11 is 0. The molecular weight excluding hydrogens is 340 g/mol. The predicted molar refractivity (Wildman–Crippen MR) is 117 cm³/mol. The first-order chi connectivity index (χ1) is 13.6. The standard InChI is InChI=1S/C26H23N2/c1-18-15-16-19(2)22(17-18)26-27(3)24-12-6-7-13-25(24)28(26)23-14-8-10-20-9-4-5-11-21(20)23/h4-17H,1-3H3/q+1. The van der Waals surface area contributed by atoms with Gasteiger partial charge in [0.25, 0.3) is 5.82 Å². The maximum absolute atomic E-state index is 2.42. The topological polar surface area (TPSA) is 8.81 Å². The fourth-order valence-electron chi connectivity index (χ4n) is 4.24. The highest BCUT2D eigenvalue weighted by Crippen LogP contribution is 2.32. The zero-order valence-corrected chi connectivity index (χ0v) is 16.5. The molecule has 1 aromatic heterocycles. The van der Waals surface area contributed by atoms with Gasteiger partial charge in [-0.25, -0.2) is 4.57 Å². The minimum Gasteiger partial charge on any atom is -0.225 e. The van der Waals surface area contributed by atoms with E-state index in [-0.39, 0.29) is 0 Å². The molecule has 0 fully saturated rings. The lowest BCUT2D eigenvalue weighted by Gasteiger charge is -2.09. The molecule has 136 valence electrons. The number of hydrogen-bond donors (Lipinski definition) is 0. The fourth-order valence-corrected chi connectivity index (χ4v) is 4.24. The highest BCUT2D eigenvalue weighted by Gasteiger charge is 2.27. The molecule has 0 saturated heterocycles. The number of benzene rings is 4. The van der Waals surface area contributed by atoms with Crippen LogP contribution < -0.4 is 4.57 Å². The molecule has 0 atom stereocenters. The Kier molecular flexibility index (Phi) is 3.80. The first kappa shape index (κ1) is 16.8. The molecule has 28 heavy (non-hydrogen) atoms. The number of fused-ring (bicyclic) bond motifs is 2. The first-order valence-corrected chi connectivity index (χ1v) is 9.70. The van der Waals surface area contributed by atoms with Crippen molar-refractivity contribution < 1.29 is 4.57 Å². The van der Waals surface area contributed by atoms with Gasteiger partial charge in [-0.1, -0.05) is 66.2 Å². The highest BCUT2D eigenvalue weighted by molar-refractivity contribution is 5.93. The number of para-hydroxylation sites is 2. The van der Waals surface area contributed by atoms with E-state index in [1.54, 1.807) is 0 Å². The van der Waals surface area contributed by atoms with Gasteiger partial charge in [0.05, 0.1) is 12.6 Å². The van der Waals surface area contributed by atoms with Crippen molar-refractivity contribution in [2.75, 3.05) is 0 Å². The molecular formula is C26H23N2+. The number of nitrogens with zero attached hydrogens (tertiary/aromatic N) is 2. The predicted octanol–water partition coefficient (Wildman–Crippen LogP) is 5.89. The summed E-state index contributed by atoms with van der Waals surface area (Å²) in [5, 5.41) is 2.52. The van der Waals surface area contributed by atoms with Gasteiger partial charge in [-0.15, -0.1) is 0 Å². The van der Waals surface area contributed by atoms with Crippen molar-refractivity contribution in [2.24, 2.45) is 7.05 Å². The summed E-state index contributed by atoms with van der Waals surface area (Å²) in [6, 6.07) is 30.5. The zero-order valence-electron chi connectivity index (χ0n) is 16.5. The summed E-state index contributed by atoms with van der Waals surface area (Å²) in [6.07, 6.45) is 0. The van der Waals surface area contributed by atoms with E-state index in [4.69, 9.17) is 0 Å². The molecule has 0 saturated carbocycles. The van der Waals surface area contributed by atoms with Crippen LogP contribution in [0.4, 0.5) is 0 Å². The molecule has 0 aliphatic rings.